The minimum Gasteiger partial charge on any atom is -0.364 e. The molecule has 1 aromatic rings. The Kier molecular flexibility index (Phi) is 4.57. The van der Waals surface area contributed by atoms with Crippen LogP contribution in [0.3, 0.4) is 0 Å². The van der Waals surface area contributed by atoms with Crippen molar-refractivity contribution in [2.75, 3.05) is 0 Å². The number of carbonyl (C=O) groups is 1. The highest BCUT2D eigenvalue weighted by molar-refractivity contribution is 9.10. The maximum atomic E-state index is 13.0. The van der Waals surface area contributed by atoms with Crippen molar-refractivity contribution in [1.82, 2.24) is 14.8 Å². The Balaban J connectivity index is 2.32. The van der Waals surface area contributed by atoms with Crippen LogP contribution in [0.4, 0.5) is 17.6 Å². The molecule has 1 aromatic heterocycles. The number of nitrogens with zero attached hydrogens (tertiary/aromatic N) is 4. The van der Waals surface area contributed by atoms with Crippen LogP contribution in [-0.4, -0.2) is 50.1 Å². The number of halogens is 5. The summed E-state index contributed by atoms with van der Waals surface area (Å²) in [5.41, 5.74) is -4.05. The van der Waals surface area contributed by atoms with Gasteiger partial charge >= 0.3 is 0 Å². The number of hydrazone groups is 1. The second-order valence-corrected chi connectivity index (χ2v) is 5.63. The monoisotopic (exact) mass is 386 g/mol. The van der Waals surface area contributed by atoms with E-state index < -0.39 is 42.7 Å². The molecular weight excluding hydrogens is 376 g/mol. The smallest absolute Gasteiger partial charge is 0.287 e. The Labute approximate surface area is 130 Å². The fourth-order valence-corrected chi connectivity index (χ4v) is 2.24. The van der Waals surface area contributed by atoms with Crippen molar-refractivity contribution in [1.29, 1.82) is 0 Å². The molecule has 1 amide bonds. The maximum Gasteiger partial charge on any atom is 0.287 e. The highest BCUT2D eigenvalue weighted by Crippen LogP contribution is 2.34. The van der Waals surface area contributed by atoms with Gasteiger partial charge in [0.25, 0.3) is 18.8 Å². The molecule has 1 aliphatic heterocycles. The number of hydrogen-bond acceptors (Lipinski definition) is 4. The average Bonchev–Trinajstić information content (AvgIpc) is 3.02. The minimum atomic E-state index is -3.45. The van der Waals surface area contributed by atoms with Crippen LogP contribution in [-0.2, 0) is 4.79 Å². The third-order valence-corrected chi connectivity index (χ3v) is 3.58. The van der Waals surface area contributed by atoms with Crippen molar-refractivity contribution < 1.29 is 27.5 Å². The number of amides is 1. The maximum absolute atomic E-state index is 13.0. The van der Waals surface area contributed by atoms with Crippen molar-refractivity contribution >= 4 is 27.5 Å². The summed E-state index contributed by atoms with van der Waals surface area (Å²) in [6, 6.07) is -1.11. The molecule has 0 radical (unpaired) electrons. The van der Waals surface area contributed by atoms with E-state index in [9.17, 15) is 27.5 Å². The number of hydrogen-bond donors (Lipinski definition) is 1. The first kappa shape index (κ1) is 16.9. The van der Waals surface area contributed by atoms with Gasteiger partial charge in [-0.05, 0) is 22.9 Å². The lowest BCUT2D eigenvalue weighted by Gasteiger charge is -2.31. The SMILES string of the molecule is C[C@H](C(=O)N1N=C(C(F)F)C[C@]1(O)C(F)F)n1cc(Br)cn1. The molecule has 0 spiro atoms. The highest BCUT2D eigenvalue weighted by Gasteiger charge is 2.54. The molecule has 6 nitrogen and oxygen atoms in total. The molecule has 1 N–H and O–H groups in total. The lowest BCUT2D eigenvalue weighted by Crippen LogP contribution is -2.53. The molecule has 0 unspecified atom stereocenters. The van der Waals surface area contributed by atoms with Crippen LogP contribution in [0.2, 0.25) is 0 Å². The van der Waals surface area contributed by atoms with E-state index in [1.165, 1.54) is 19.3 Å². The lowest BCUT2D eigenvalue weighted by atomic mass is 10.1. The average molecular weight is 387 g/mol. The van der Waals surface area contributed by atoms with Crippen LogP contribution in [0.15, 0.2) is 22.0 Å². The third-order valence-electron chi connectivity index (χ3n) is 3.17. The van der Waals surface area contributed by atoms with Crippen molar-refractivity contribution in [3.63, 3.8) is 0 Å². The highest BCUT2D eigenvalue weighted by atomic mass is 79.9. The standard InChI is InChI=1S/C11H11BrF4N4O2/c1-5(19-4-6(12)3-17-19)9(21)20-11(22,10(15)16)2-7(18-20)8(13)14/h3-5,8,10,22H,2H2,1H3/t5-,11+/m1/s1. The summed E-state index contributed by atoms with van der Waals surface area (Å²) in [5, 5.41) is 16.9. The first-order valence-corrected chi connectivity index (χ1v) is 6.86. The lowest BCUT2D eigenvalue weighted by molar-refractivity contribution is -0.194. The van der Waals surface area contributed by atoms with Crippen LogP contribution >= 0.6 is 15.9 Å². The van der Waals surface area contributed by atoms with E-state index in [0.717, 1.165) is 4.68 Å². The van der Waals surface area contributed by atoms with Crippen LogP contribution in [0, 0.1) is 0 Å². The van der Waals surface area contributed by atoms with Gasteiger partial charge in [0.05, 0.1) is 10.7 Å². The van der Waals surface area contributed by atoms with E-state index in [4.69, 9.17) is 0 Å². The second-order valence-electron chi connectivity index (χ2n) is 4.71. The van der Waals surface area contributed by atoms with Crippen molar-refractivity contribution in [2.24, 2.45) is 5.10 Å². The summed E-state index contributed by atoms with van der Waals surface area (Å²) in [6.45, 7) is 1.32. The fourth-order valence-electron chi connectivity index (χ4n) is 1.94. The van der Waals surface area contributed by atoms with Gasteiger partial charge in [0.15, 0.2) is 0 Å². The number of carbonyl (C=O) groups excluding carboxylic acids is 1. The topological polar surface area (TPSA) is 70.7 Å². The summed E-state index contributed by atoms with van der Waals surface area (Å²) >= 11 is 3.10. The van der Waals surface area contributed by atoms with Crippen LogP contribution in [0.1, 0.15) is 19.4 Å². The fraction of sp³-hybridized carbons (Fsp3) is 0.545. The summed E-state index contributed by atoms with van der Waals surface area (Å²) in [5.74, 6) is -1.07. The predicted octanol–water partition coefficient (Wildman–Crippen LogP) is 2.01. The van der Waals surface area contributed by atoms with E-state index in [-0.39, 0.29) is 5.01 Å². The Morgan fingerprint density at radius 2 is 2.09 bits per heavy atom. The molecule has 0 aromatic carbocycles. The van der Waals surface area contributed by atoms with Gasteiger partial charge in [-0.15, -0.1) is 0 Å². The molecule has 0 aliphatic carbocycles. The first-order chi connectivity index (χ1) is 10.2. The first-order valence-electron chi connectivity index (χ1n) is 6.06. The minimum absolute atomic E-state index is 0.0272. The van der Waals surface area contributed by atoms with Gasteiger partial charge in [0, 0.05) is 12.6 Å². The zero-order chi connectivity index (χ0) is 16.7. The molecule has 22 heavy (non-hydrogen) atoms. The largest absolute Gasteiger partial charge is 0.364 e. The van der Waals surface area contributed by atoms with Crippen molar-refractivity contribution in [3.8, 4) is 0 Å². The molecular formula is C11H11BrF4N4O2. The molecule has 2 atom stereocenters. The molecule has 11 heteroatoms. The normalized spacial score (nSPS) is 23.3. The van der Waals surface area contributed by atoms with Gasteiger partial charge in [0.2, 0.25) is 5.72 Å². The van der Waals surface area contributed by atoms with Gasteiger partial charge in [-0.3, -0.25) is 9.48 Å². The zero-order valence-corrected chi connectivity index (χ0v) is 12.7. The van der Waals surface area contributed by atoms with Gasteiger partial charge in [-0.25, -0.2) is 17.6 Å². The molecule has 0 fully saturated rings. The molecule has 122 valence electrons. The van der Waals surface area contributed by atoms with E-state index >= 15 is 0 Å². The molecule has 0 saturated heterocycles. The van der Waals surface area contributed by atoms with Gasteiger partial charge in [0.1, 0.15) is 11.8 Å². The van der Waals surface area contributed by atoms with Crippen molar-refractivity contribution in [3.05, 3.63) is 16.9 Å². The summed E-state index contributed by atoms with van der Waals surface area (Å²) in [6.07, 6.45) is -4.94. The summed E-state index contributed by atoms with van der Waals surface area (Å²) < 4.78 is 53.1. The van der Waals surface area contributed by atoms with Crippen molar-refractivity contribution in [2.45, 2.75) is 38.0 Å². The van der Waals surface area contributed by atoms with Gasteiger partial charge in [-0.1, -0.05) is 0 Å². The molecule has 2 heterocycles. The summed E-state index contributed by atoms with van der Waals surface area (Å²) in [4.78, 5) is 12.2. The van der Waals surface area contributed by atoms with Crippen LogP contribution in [0.5, 0.6) is 0 Å². The van der Waals surface area contributed by atoms with Gasteiger partial charge < -0.3 is 5.11 Å². The zero-order valence-electron chi connectivity index (χ0n) is 11.1. The van der Waals surface area contributed by atoms with E-state index in [1.807, 2.05) is 0 Å². The van der Waals surface area contributed by atoms with Crippen LogP contribution < -0.4 is 0 Å². The Hall–Kier alpha value is -1.49. The quantitative estimate of drug-likeness (QED) is 0.804. The summed E-state index contributed by atoms with van der Waals surface area (Å²) in [7, 11) is 0. The molecule has 1 aliphatic rings. The van der Waals surface area contributed by atoms with E-state index in [1.54, 1.807) is 0 Å². The van der Waals surface area contributed by atoms with Crippen LogP contribution in [0.25, 0.3) is 0 Å². The van der Waals surface area contributed by atoms with E-state index in [2.05, 4.69) is 26.1 Å². The second kappa shape index (κ2) is 5.95. The Morgan fingerprint density at radius 1 is 1.45 bits per heavy atom. The number of aromatic nitrogens is 2. The number of rotatable bonds is 4. The number of alkyl halides is 4. The molecule has 0 saturated carbocycles. The molecule has 2 rings (SSSR count). The van der Waals surface area contributed by atoms with E-state index in [0.29, 0.717) is 4.47 Å². The predicted molar refractivity (Wildman–Crippen MR) is 70.5 cm³/mol. The third kappa shape index (κ3) is 2.86. The van der Waals surface area contributed by atoms with Gasteiger partial charge in [-0.2, -0.15) is 15.2 Å². The Bertz CT molecular complexity index is 609. The molecule has 0 bridgehead atoms. The Morgan fingerprint density at radius 3 is 2.55 bits per heavy atom. The number of aliphatic hydroxyl groups is 1.